The molecule has 1 atom stereocenters. The Morgan fingerprint density at radius 1 is 1.44 bits per heavy atom. The molecule has 0 heterocycles. The Morgan fingerprint density at radius 2 is 2.06 bits per heavy atom. The number of carboxylic acid groups (broad SMARTS) is 1. The van der Waals surface area contributed by atoms with E-state index < -0.39 is 11.4 Å². The highest BCUT2D eigenvalue weighted by molar-refractivity contribution is 5.73. The normalized spacial score (nSPS) is 18.1. The van der Waals surface area contributed by atoms with Crippen LogP contribution in [-0.2, 0) is 9.53 Å². The minimum absolute atomic E-state index is 0.546. The third kappa shape index (κ3) is 4.58. The first kappa shape index (κ1) is 15.4. The minimum atomic E-state index is -0.715. The molecule has 106 valence electrons. The van der Waals surface area contributed by atoms with E-state index in [9.17, 15) is 4.79 Å². The number of rotatable bonds is 9. The van der Waals surface area contributed by atoms with Gasteiger partial charge in [0.1, 0.15) is 0 Å². The highest BCUT2D eigenvalue weighted by Crippen LogP contribution is 2.35. The third-order valence-electron chi connectivity index (χ3n) is 4.07. The summed E-state index contributed by atoms with van der Waals surface area (Å²) in [4.78, 5) is 13.5. The van der Waals surface area contributed by atoms with Crippen molar-refractivity contribution in [2.24, 2.45) is 11.3 Å². The molecule has 0 aromatic carbocycles. The summed E-state index contributed by atoms with van der Waals surface area (Å²) in [7, 11) is 1.71. The Morgan fingerprint density at radius 3 is 2.50 bits per heavy atom. The lowest BCUT2D eigenvalue weighted by molar-refractivity contribution is -0.147. The average molecular weight is 257 g/mol. The topological polar surface area (TPSA) is 49.8 Å². The fourth-order valence-corrected chi connectivity index (χ4v) is 2.13. The second kappa shape index (κ2) is 6.53. The van der Waals surface area contributed by atoms with Crippen molar-refractivity contribution in [3.63, 3.8) is 0 Å². The third-order valence-corrected chi connectivity index (χ3v) is 4.07. The molecule has 0 radical (unpaired) electrons. The highest BCUT2D eigenvalue weighted by Gasteiger charge is 2.33. The van der Waals surface area contributed by atoms with Crippen molar-refractivity contribution in [1.29, 1.82) is 0 Å². The van der Waals surface area contributed by atoms with Crippen LogP contribution in [0.1, 0.15) is 40.0 Å². The van der Waals surface area contributed by atoms with Crippen LogP contribution in [0.4, 0.5) is 0 Å². The molecule has 0 spiro atoms. The van der Waals surface area contributed by atoms with Gasteiger partial charge < -0.3 is 9.84 Å². The van der Waals surface area contributed by atoms with Gasteiger partial charge in [0.25, 0.3) is 0 Å². The Kier molecular flexibility index (Phi) is 5.60. The van der Waals surface area contributed by atoms with E-state index in [0.29, 0.717) is 19.1 Å². The minimum Gasteiger partial charge on any atom is -0.481 e. The zero-order valence-corrected chi connectivity index (χ0v) is 12.1. The summed E-state index contributed by atoms with van der Waals surface area (Å²) in [5.41, 5.74) is -0.644. The second-order valence-electron chi connectivity index (χ2n) is 6.05. The van der Waals surface area contributed by atoms with E-state index in [1.54, 1.807) is 21.0 Å². The maximum absolute atomic E-state index is 11.1. The van der Waals surface area contributed by atoms with Crippen molar-refractivity contribution in [2.75, 3.05) is 26.8 Å². The van der Waals surface area contributed by atoms with Crippen LogP contribution in [0.15, 0.2) is 0 Å². The maximum atomic E-state index is 11.1. The van der Waals surface area contributed by atoms with Crippen molar-refractivity contribution in [3.05, 3.63) is 0 Å². The first-order valence-electron chi connectivity index (χ1n) is 6.85. The number of aliphatic carboxylic acids is 1. The molecular formula is C14H27NO3. The van der Waals surface area contributed by atoms with E-state index in [-0.39, 0.29) is 0 Å². The van der Waals surface area contributed by atoms with Crippen LogP contribution in [0.25, 0.3) is 0 Å². The Labute approximate surface area is 110 Å². The molecule has 0 saturated heterocycles. The van der Waals surface area contributed by atoms with Gasteiger partial charge in [0.15, 0.2) is 0 Å². The van der Waals surface area contributed by atoms with Crippen molar-refractivity contribution >= 4 is 5.97 Å². The molecule has 1 N–H and O–H groups in total. The first-order valence-corrected chi connectivity index (χ1v) is 6.85. The Hall–Kier alpha value is -0.610. The summed E-state index contributed by atoms with van der Waals surface area (Å²) in [6.45, 7) is 8.28. The molecule has 0 amide bonds. The van der Waals surface area contributed by atoms with Gasteiger partial charge in [-0.1, -0.05) is 0 Å². The summed E-state index contributed by atoms with van der Waals surface area (Å²) < 4.78 is 5.14. The van der Waals surface area contributed by atoms with Crippen molar-refractivity contribution < 1.29 is 14.6 Å². The zero-order valence-electron chi connectivity index (χ0n) is 12.1. The molecule has 1 aliphatic carbocycles. The molecule has 1 fully saturated rings. The van der Waals surface area contributed by atoms with Crippen LogP contribution < -0.4 is 0 Å². The number of carbonyl (C=O) groups is 1. The Balaban J connectivity index is 2.47. The first-order chi connectivity index (χ1) is 8.38. The number of hydrogen-bond donors (Lipinski definition) is 1. The van der Waals surface area contributed by atoms with Crippen LogP contribution in [0.2, 0.25) is 0 Å². The fourth-order valence-electron chi connectivity index (χ4n) is 2.13. The molecule has 1 rings (SSSR count). The van der Waals surface area contributed by atoms with Crippen molar-refractivity contribution in [1.82, 2.24) is 4.90 Å². The summed E-state index contributed by atoms with van der Waals surface area (Å²) >= 11 is 0. The largest absolute Gasteiger partial charge is 0.481 e. The monoisotopic (exact) mass is 257 g/mol. The quantitative estimate of drug-likeness (QED) is 0.688. The summed E-state index contributed by atoms with van der Waals surface area (Å²) in [6, 6.07) is 0.546. The van der Waals surface area contributed by atoms with Gasteiger partial charge >= 0.3 is 5.97 Å². The maximum Gasteiger partial charge on any atom is 0.309 e. The number of methoxy groups -OCH3 is 1. The van der Waals surface area contributed by atoms with E-state index >= 15 is 0 Å². The van der Waals surface area contributed by atoms with E-state index in [2.05, 4.69) is 11.8 Å². The smallest absolute Gasteiger partial charge is 0.309 e. The van der Waals surface area contributed by atoms with Crippen LogP contribution in [0, 0.1) is 11.3 Å². The van der Waals surface area contributed by atoms with Gasteiger partial charge in [0.2, 0.25) is 0 Å². The molecule has 1 saturated carbocycles. The lowest BCUT2D eigenvalue weighted by atomic mass is 9.89. The highest BCUT2D eigenvalue weighted by atomic mass is 16.5. The number of nitrogens with zero attached hydrogens (tertiary/aromatic N) is 1. The molecule has 1 unspecified atom stereocenters. The van der Waals surface area contributed by atoms with E-state index in [4.69, 9.17) is 9.84 Å². The average Bonchev–Trinajstić information content (AvgIpc) is 3.12. The number of carboxylic acids is 1. The van der Waals surface area contributed by atoms with E-state index in [0.717, 1.165) is 19.0 Å². The van der Waals surface area contributed by atoms with Crippen LogP contribution in [-0.4, -0.2) is 48.8 Å². The van der Waals surface area contributed by atoms with Gasteiger partial charge in [-0.3, -0.25) is 9.69 Å². The summed E-state index contributed by atoms with van der Waals surface area (Å²) in [5.74, 6) is 0.0862. The molecule has 18 heavy (non-hydrogen) atoms. The number of ether oxygens (including phenoxy) is 1. The van der Waals surface area contributed by atoms with Gasteiger partial charge in [-0.15, -0.1) is 0 Å². The number of hydrogen-bond acceptors (Lipinski definition) is 3. The van der Waals surface area contributed by atoms with E-state index in [1.807, 2.05) is 0 Å². The van der Waals surface area contributed by atoms with Crippen molar-refractivity contribution in [2.45, 2.75) is 46.1 Å². The Bertz CT molecular complexity index is 274. The SMILES string of the molecule is COCCN(CCC(C)(C)C(=O)O)C(C)C1CC1. The predicted octanol–water partition coefficient (Wildman–Crippen LogP) is 2.23. The molecular weight excluding hydrogens is 230 g/mol. The lowest BCUT2D eigenvalue weighted by Gasteiger charge is -2.31. The van der Waals surface area contributed by atoms with Gasteiger partial charge in [0.05, 0.1) is 12.0 Å². The van der Waals surface area contributed by atoms with Crippen LogP contribution in [0.5, 0.6) is 0 Å². The van der Waals surface area contributed by atoms with Crippen LogP contribution >= 0.6 is 0 Å². The zero-order chi connectivity index (χ0) is 13.8. The molecule has 0 aromatic rings. The van der Waals surface area contributed by atoms with Crippen LogP contribution in [0.3, 0.4) is 0 Å². The van der Waals surface area contributed by atoms with E-state index in [1.165, 1.54) is 12.8 Å². The standard InChI is InChI=1S/C14H27NO3/c1-11(12-5-6-12)15(9-10-18-4)8-7-14(2,3)13(16)17/h11-12H,5-10H2,1-4H3,(H,16,17). The molecule has 0 bridgehead atoms. The van der Waals surface area contributed by atoms with Gasteiger partial charge in [-0.2, -0.15) is 0 Å². The lowest BCUT2D eigenvalue weighted by Crippen LogP contribution is -2.40. The van der Waals surface area contributed by atoms with Gasteiger partial charge in [0, 0.05) is 19.7 Å². The molecule has 0 aliphatic heterocycles. The molecule has 1 aliphatic rings. The summed E-state index contributed by atoms with van der Waals surface area (Å²) in [5, 5.41) is 9.15. The second-order valence-corrected chi connectivity index (χ2v) is 6.05. The molecule has 4 nitrogen and oxygen atoms in total. The van der Waals surface area contributed by atoms with Crippen molar-refractivity contribution in [3.8, 4) is 0 Å². The molecule has 4 heteroatoms. The predicted molar refractivity (Wildman–Crippen MR) is 71.7 cm³/mol. The van der Waals surface area contributed by atoms with Gasteiger partial charge in [-0.05, 0) is 52.5 Å². The van der Waals surface area contributed by atoms with Gasteiger partial charge in [-0.25, -0.2) is 0 Å². The molecule has 0 aromatic heterocycles. The summed E-state index contributed by atoms with van der Waals surface area (Å²) in [6.07, 6.45) is 3.31. The fraction of sp³-hybridized carbons (Fsp3) is 0.929.